The molecule has 7 nitrogen and oxygen atoms in total. The summed E-state index contributed by atoms with van der Waals surface area (Å²) >= 11 is 0. The highest BCUT2D eigenvalue weighted by Crippen LogP contribution is 2.15. The highest BCUT2D eigenvalue weighted by atomic mass is 127. The van der Waals surface area contributed by atoms with E-state index < -0.39 is 16.6 Å². The fraction of sp³-hybridized carbons (Fsp3) is 0.562. The number of nitrogens with zero attached hydrogens (tertiary/aromatic N) is 2. The van der Waals surface area contributed by atoms with Crippen molar-refractivity contribution in [2.75, 3.05) is 32.4 Å². The molecule has 27 heavy (non-hydrogen) atoms. The second-order valence-corrected chi connectivity index (χ2v) is 7.51. The van der Waals surface area contributed by atoms with Gasteiger partial charge in [0.05, 0.1) is 12.3 Å². The zero-order valence-electron chi connectivity index (χ0n) is 15.6. The molecule has 0 heterocycles. The summed E-state index contributed by atoms with van der Waals surface area (Å²) in [6.45, 7) is 2.33. The molecule has 0 spiro atoms. The highest BCUT2D eigenvalue weighted by molar-refractivity contribution is 14.0. The van der Waals surface area contributed by atoms with Gasteiger partial charge in [0, 0.05) is 26.7 Å². The Balaban J connectivity index is 0.00000676. The molecule has 156 valence electrons. The lowest BCUT2D eigenvalue weighted by Gasteiger charge is -2.22. The third-order valence-electron chi connectivity index (χ3n) is 3.34. The lowest BCUT2D eigenvalue weighted by atomic mass is 10.2. The molecule has 0 atom stereocenters. The van der Waals surface area contributed by atoms with Crippen molar-refractivity contribution in [2.45, 2.75) is 27.0 Å². The fourth-order valence-electron chi connectivity index (χ4n) is 2.06. The van der Waals surface area contributed by atoms with Gasteiger partial charge in [0.1, 0.15) is 5.75 Å². The van der Waals surface area contributed by atoms with Crippen molar-refractivity contribution in [3.8, 4) is 5.75 Å². The summed E-state index contributed by atoms with van der Waals surface area (Å²) in [6.07, 6.45) is 0. The number of hydrogen-bond donors (Lipinski definition) is 2. The Kier molecular flexibility index (Phi) is 12.5. The molecule has 1 aromatic carbocycles. The van der Waals surface area contributed by atoms with E-state index in [1.807, 2.05) is 18.9 Å². The van der Waals surface area contributed by atoms with Gasteiger partial charge in [0.15, 0.2) is 5.96 Å². The molecule has 1 rings (SSSR count). The molecule has 0 aromatic heterocycles. The number of aliphatic imine (C=N–C) groups is 1. The van der Waals surface area contributed by atoms with Gasteiger partial charge in [-0.1, -0.05) is 12.1 Å². The Morgan fingerprint density at radius 3 is 2.41 bits per heavy atom. The van der Waals surface area contributed by atoms with E-state index in [1.54, 1.807) is 19.1 Å². The second kappa shape index (κ2) is 13.0. The second-order valence-electron chi connectivity index (χ2n) is 5.41. The van der Waals surface area contributed by atoms with Crippen LogP contribution in [0.25, 0.3) is 0 Å². The molecular formula is C16H27F2IN4O3S. The summed E-state index contributed by atoms with van der Waals surface area (Å²) in [5.74, 6) is 0.758. The maximum atomic E-state index is 12.2. The van der Waals surface area contributed by atoms with Gasteiger partial charge in [-0.25, -0.2) is 13.1 Å². The van der Waals surface area contributed by atoms with E-state index in [4.69, 9.17) is 0 Å². The summed E-state index contributed by atoms with van der Waals surface area (Å²) < 4.78 is 53.9. The first-order chi connectivity index (χ1) is 12.3. The first kappa shape index (κ1) is 25.8. The zero-order chi connectivity index (χ0) is 19.6. The van der Waals surface area contributed by atoms with E-state index in [-0.39, 0.29) is 42.0 Å². The highest BCUT2D eigenvalue weighted by Gasteiger charge is 2.09. The smallest absolute Gasteiger partial charge is 0.387 e. The molecular weight excluding hydrogens is 493 g/mol. The van der Waals surface area contributed by atoms with E-state index in [0.29, 0.717) is 25.6 Å². The van der Waals surface area contributed by atoms with E-state index in [0.717, 1.165) is 5.56 Å². The Morgan fingerprint density at radius 2 is 1.89 bits per heavy atom. The molecule has 0 aliphatic heterocycles. The third kappa shape index (κ3) is 10.6. The minimum atomic E-state index is -3.23. The monoisotopic (exact) mass is 520 g/mol. The lowest BCUT2D eigenvalue weighted by Crippen LogP contribution is -2.39. The van der Waals surface area contributed by atoms with Gasteiger partial charge in [0.25, 0.3) is 0 Å². The molecule has 0 saturated heterocycles. The van der Waals surface area contributed by atoms with E-state index in [2.05, 4.69) is 19.8 Å². The Morgan fingerprint density at radius 1 is 1.26 bits per heavy atom. The van der Waals surface area contributed by atoms with Crippen molar-refractivity contribution in [1.82, 2.24) is 14.9 Å². The molecule has 0 unspecified atom stereocenters. The predicted octanol–water partition coefficient (Wildman–Crippen LogP) is 2.24. The summed E-state index contributed by atoms with van der Waals surface area (Å²) in [5, 5.41) is 3.13. The number of ether oxygens (including phenoxy) is 1. The van der Waals surface area contributed by atoms with E-state index in [1.165, 1.54) is 12.1 Å². The lowest BCUT2D eigenvalue weighted by molar-refractivity contribution is -0.0498. The average molecular weight is 520 g/mol. The van der Waals surface area contributed by atoms with Crippen molar-refractivity contribution >= 4 is 40.0 Å². The van der Waals surface area contributed by atoms with Gasteiger partial charge in [-0.15, -0.1) is 24.0 Å². The number of alkyl halides is 2. The molecule has 1 aromatic rings. The van der Waals surface area contributed by atoms with Crippen molar-refractivity contribution in [2.24, 2.45) is 4.99 Å². The van der Waals surface area contributed by atoms with E-state index >= 15 is 0 Å². The van der Waals surface area contributed by atoms with Crippen molar-refractivity contribution < 1.29 is 21.9 Å². The van der Waals surface area contributed by atoms with Crippen LogP contribution in [0.3, 0.4) is 0 Å². The number of nitrogens with one attached hydrogen (secondary N) is 2. The first-order valence-electron chi connectivity index (χ1n) is 8.28. The molecule has 0 bridgehead atoms. The third-order valence-corrected chi connectivity index (χ3v) is 4.74. The largest absolute Gasteiger partial charge is 0.435 e. The number of sulfonamides is 1. The predicted molar refractivity (Wildman–Crippen MR) is 113 cm³/mol. The van der Waals surface area contributed by atoms with Crippen LogP contribution in [0.1, 0.15) is 19.4 Å². The van der Waals surface area contributed by atoms with Crippen molar-refractivity contribution in [1.29, 1.82) is 0 Å². The summed E-state index contributed by atoms with van der Waals surface area (Å²) in [6, 6.07) is 6.37. The van der Waals surface area contributed by atoms with Crippen LogP contribution in [0.5, 0.6) is 5.75 Å². The Bertz CT molecular complexity index is 673. The van der Waals surface area contributed by atoms with Crippen LogP contribution in [-0.2, 0) is 16.6 Å². The molecule has 0 radical (unpaired) electrons. The first-order valence-corrected chi connectivity index (χ1v) is 9.93. The van der Waals surface area contributed by atoms with Crippen LogP contribution in [0.2, 0.25) is 0 Å². The molecule has 0 fully saturated rings. The van der Waals surface area contributed by atoms with Crippen LogP contribution in [0.4, 0.5) is 8.78 Å². The van der Waals surface area contributed by atoms with Crippen LogP contribution in [0.15, 0.2) is 29.3 Å². The SMILES string of the molecule is CCNC(=NCCNS(=O)(=O)CC)N(C)Cc1ccc(OC(F)F)cc1.I. The summed E-state index contributed by atoms with van der Waals surface area (Å²) in [5.41, 5.74) is 0.895. The van der Waals surface area contributed by atoms with Crippen molar-refractivity contribution in [3.05, 3.63) is 29.8 Å². The van der Waals surface area contributed by atoms with Crippen LogP contribution in [-0.4, -0.2) is 58.3 Å². The van der Waals surface area contributed by atoms with Crippen LogP contribution >= 0.6 is 24.0 Å². The molecule has 11 heteroatoms. The number of guanidine groups is 1. The van der Waals surface area contributed by atoms with Gasteiger partial charge in [-0.05, 0) is 31.5 Å². The normalized spacial score (nSPS) is 11.9. The number of halogens is 3. The Hall–Kier alpha value is -1.21. The van der Waals surface area contributed by atoms with Gasteiger partial charge >= 0.3 is 6.61 Å². The average Bonchev–Trinajstić information content (AvgIpc) is 2.59. The van der Waals surface area contributed by atoms with E-state index in [9.17, 15) is 17.2 Å². The molecule has 2 N–H and O–H groups in total. The molecule has 0 amide bonds. The number of benzene rings is 1. The van der Waals surface area contributed by atoms with Gasteiger partial charge in [-0.2, -0.15) is 8.78 Å². The van der Waals surface area contributed by atoms with Gasteiger partial charge in [-0.3, -0.25) is 4.99 Å². The quantitative estimate of drug-likeness (QED) is 0.214. The standard InChI is InChI=1S/C16H26F2N4O3S.HI/c1-4-19-16(20-10-11-21-26(23,24)5-2)22(3)12-13-6-8-14(9-7-13)25-15(17)18;/h6-9,15,21H,4-5,10-12H2,1-3H3,(H,19,20);1H. The molecule has 0 aliphatic rings. The number of rotatable bonds is 10. The fourth-order valence-corrected chi connectivity index (χ4v) is 2.67. The maximum absolute atomic E-state index is 12.2. The minimum Gasteiger partial charge on any atom is -0.435 e. The van der Waals surface area contributed by atoms with Gasteiger partial charge < -0.3 is 15.0 Å². The number of hydrogen-bond acceptors (Lipinski definition) is 4. The minimum absolute atomic E-state index is 0. The zero-order valence-corrected chi connectivity index (χ0v) is 18.8. The summed E-state index contributed by atoms with van der Waals surface area (Å²) in [7, 11) is -1.40. The van der Waals surface area contributed by atoms with Crippen molar-refractivity contribution in [3.63, 3.8) is 0 Å². The van der Waals surface area contributed by atoms with Crippen LogP contribution in [0, 0.1) is 0 Å². The van der Waals surface area contributed by atoms with Gasteiger partial charge in [0.2, 0.25) is 10.0 Å². The van der Waals surface area contributed by atoms with Crippen LogP contribution < -0.4 is 14.8 Å². The Labute approximate surface area is 176 Å². The maximum Gasteiger partial charge on any atom is 0.387 e. The molecule has 0 saturated carbocycles. The summed E-state index contributed by atoms with van der Waals surface area (Å²) in [4.78, 5) is 6.25. The topological polar surface area (TPSA) is 83.0 Å². The molecule has 0 aliphatic carbocycles.